The Labute approximate surface area is 114 Å². The fraction of sp³-hybridized carbons (Fsp3) is 0.733. The number of rotatable bonds is 4. The molecule has 0 aliphatic heterocycles. The molecule has 0 bridgehead atoms. The molecule has 2 unspecified atom stereocenters. The van der Waals surface area contributed by atoms with Crippen LogP contribution in [0.5, 0.6) is 0 Å². The third-order valence-electron chi connectivity index (χ3n) is 4.31. The van der Waals surface area contributed by atoms with Crippen molar-refractivity contribution < 1.29 is 9.53 Å². The third-order valence-corrected chi connectivity index (χ3v) is 4.31. The minimum Gasteiger partial charge on any atom is -0.420 e. The summed E-state index contributed by atoms with van der Waals surface area (Å²) in [6, 6.07) is 0.212. The molecular formula is C15H20N2O2. The zero-order valence-corrected chi connectivity index (χ0v) is 11.1. The van der Waals surface area contributed by atoms with E-state index in [4.69, 9.17) is 10.00 Å². The maximum Gasteiger partial charge on any atom is 0.286 e. The molecule has 2 aliphatic rings. The minimum absolute atomic E-state index is 0.0149. The van der Waals surface area contributed by atoms with Crippen LogP contribution in [0.25, 0.3) is 0 Å². The van der Waals surface area contributed by atoms with Crippen LogP contribution in [-0.4, -0.2) is 18.2 Å². The van der Waals surface area contributed by atoms with Gasteiger partial charge in [-0.05, 0) is 62.9 Å². The van der Waals surface area contributed by atoms with Gasteiger partial charge in [-0.25, -0.2) is 9.79 Å². The summed E-state index contributed by atoms with van der Waals surface area (Å²) in [6.45, 7) is 0. The van der Waals surface area contributed by atoms with Crippen molar-refractivity contribution in [3.8, 4) is 6.26 Å². The van der Waals surface area contributed by atoms with Crippen molar-refractivity contribution in [2.24, 2.45) is 16.8 Å². The van der Waals surface area contributed by atoms with Crippen LogP contribution in [0.4, 0.5) is 0 Å². The number of nitriles is 1. The first-order valence-electron chi connectivity index (χ1n) is 7.12. The summed E-state index contributed by atoms with van der Waals surface area (Å²) in [6.07, 6.45) is 15.3. The maximum atomic E-state index is 10.2. The molecule has 0 aromatic heterocycles. The van der Waals surface area contributed by atoms with Gasteiger partial charge in [-0.1, -0.05) is 6.08 Å². The lowest BCUT2D eigenvalue weighted by molar-refractivity contribution is 0.173. The quantitative estimate of drug-likeness (QED) is 0.338. The molecule has 4 nitrogen and oxygen atoms in total. The SMILES string of the molecule is N#COC1C=CC(CC2CCC(N=C=O)CC2)CC1. The van der Waals surface area contributed by atoms with E-state index in [-0.39, 0.29) is 12.1 Å². The summed E-state index contributed by atoms with van der Waals surface area (Å²) in [4.78, 5) is 14.0. The smallest absolute Gasteiger partial charge is 0.286 e. The second-order valence-electron chi connectivity index (χ2n) is 5.60. The molecule has 4 heteroatoms. The maximum absolute atomic E-state index is 10.2. The zero-order valence-electron chi connectivity index (χ0n) is 11.1. The Kier molecular flexibility index (Phi) is 5.18. The molecule has 0 radical (unpaired) electrons. The van der Waals surface area contributed by atoms with Crippen molar-refractivity contribution in [1.29, 1.82) is 5.26 Å². The van der Waals surface area contributed by atoms with E-state index in [1.165, 1.54) is 6.42 Å². The molecule has 1 fully saturated rings. The molecule has 19 heavy (non-hydrogen) atoms. The van der Waals surface area contributed by atoms with E-state index in [0.717, 1.165) is 44.4 Å². The van der Waals surface area contributed by atoms with Gasteiger partial charge in [0.25, 0.3) is 6.26 Å². The lowest BCUT2D eigenvalue weighted by Gasteiger charge is -2.29. The molecular weight excluding hydrogens is 240 g/mol. The van der Waals surface area contributed by atoms with Gasteiger partial charge in [0.1, 0.15) is 6.10 Å². The van der Waals surface area contributed by atoms with Gasteiger partial charge >= 0.3 is 0 Å². The van der Waals surface area contributed by atoms with Gasteiger partial charge in [0.15, 0.2) is 0 Å². The van der Waals surface area contributed by atoms with Gasteiger partial charge in [0.2, 0.25) is 6.08 Å². The number of ether oxygens (including phenoxy) is 1. The predicted molar refractivity (Wildman–Crippen MR) is 70.8 cm³/mol. The van der Waals surface area contributed by atoms with Crippen LogP contribution in [0, 0.1) is 23.4 Å². The van der Waals surface area contributed by atoms with Crippen molar-refractivity contribution in [3.05, 3.63) is 12.2 Å². The molecule has 0 saturated heterocycles. The summed E-state index contributed by atoms with van der Waals surface area (Å²) in [7, 11) is 0. The molecule has 1 saturated carbocycles. The summed E-state index contributed by atoms with van der Waals surface area (Å²) in [5.41, 5.74) is 0. The van der Waals surface area contributed by atoms with Crippen LogP contribution < -0.4 is 0 Å². The lowest BCUT2D eigenvalue weighted by atomic mass is 9.78. The molecule has 0 N–H and O–H groups in total. The third kappa shape index (κ3) is 4.22. The molecule has 102 valence electrons. The van der Waals surface area contributed by atoms with Crippen molar-refractivity contribution in [3.63, 3.8) is 0 Å². The van der Waals surface area contributed by atoms with E-state index in [2.05, 4.69) is 11.1 Å². The molecule has 2 aliphatic carbocycles. The van der Waals surface area contributed by atoms with E-state index in [0.29, 0.717) is 5.92 Å². The summed E-state index contributed by atoms with van der Waals surface area (Å²) >= 11 is 0. The Bertz CT molecular complexity index is 399. The first kappa shape index (κ1) is 13.8. The van der Waals surface area contributed by atoms with Gasteiger partial charge in [0.05, 0.1) is 6.04 Å². The van der Waals surface area contributed by atoms with Gasteiger partial charge < -0.3 is 4.74 Å². The Morgan fingerprint density at radius 3 is 2.53 bits per heavy atom. The number of carbonyl (C=O) groups excluding carboxylic acids is 1. The number of hydrogen-bond donors (Lipinski definition) is 0. The summed E-state index contributed by atoms with van der Waals surface area (Å²) < 4.78 is 4.93. The van der Waals surface area contributed by atoms with Gasteiger partial charge in [-0.15, -0.1) is 0 Å². The van der Waals surface area contributed by atoms with Crippen LogP contribution >= 0.6 is 0 Å². The Balaban J connectivity index is 1.73. The molecule has 0 aromatic carbocycles. The standard InChI is InChI=1S/C15H20N2O2/c16-10-19-15-7-3-13(4-8-15)9-12-1-5-14(6-2-12)17-11-18/h3,7,12-15H,1-2,4-6,8-9H2. The van der Waals surface area contributed by atoms with Gasteiger partial charge in [0, 0.05) is 0 Å². The highest BCUT2D eigenvalue weighted by molar-refractivity contribution is 5.33. The highest BCUT2D eigenvalue weighted by atomic mass is 16.5. The number of aliphatic imine (C=N–C) groups is 1. The Morgan fingerprint density at radius 1 is 1.16 bits per heavy atom. The highest BCUT2D eigenvalue weighted by Gasteiger charge is 2.24. The minimum atomic E-state index is -0.0149. The Morgan fingerprint density at radius 2 is 1.95 bits per heavy atom. The largest absolute Gasteiger partial charge is 0.420 e. The van der Waals surface area contributed by atoms with Crippen LogP contribution in [-0.2, 0) is 9.53 Å². The summed E-state index contributed by atoms with van der Waals surface area (Å²) in [5, 5.41) is 8.47. The molecule has 0 spiro atoms. The second kappa shape index (κ2) is 7.11. The first-order chi connectivity index (χ1) is 9.31. The monoisotopic (exact) mass is 260 g/mol. The average Bonchev–Trinajstić information content (AvgIpc) is 2.44. The van der Waals surface area contributed by atoms with Crippen molar-refractivity contribution in [2.75, 3.05) is 0 Å². The van der Waals surface area contributed by atoms with Crippen molar-refractivity contribution in [1.82, 2.24) is 0 Å². The fourth-order valence-corrected chi connectivity index (χ4v) is 3.23. The average molecular weight is 260 g/mol. The van der Waals surface area contributed by atoms with E-state index in [9.17, 15) is 4.79 Å². The number of hydrogen-bond acceptors (Lipinski definition) is 4. The van der Waals surface area contributed by atoms with Gasteiger partial charge in [-0.3, -0.25) is 0 Å². The van der Waals surface area contributed by atoms with E-state index in [1.807, 2.05) is 6.08 Å². The second-order valence-corrected chi connectivity index (χ2v) is 5.60. The topological polar surface area (TPSA) is 62.4 Å². The number of nitrogens with zero attached hydrogens (tertiary/aromatic N) is 2. The van der Waals surface area contributed by atoms with Crippen LogP contribution in [0.15, 0.2) is 17.1 Å². The van der Waals surface area contributed by atoms with Crippen molar-refractivity contribution >= 4 is 6.08 Å². The lowest BCUT2D eigenvalue weighted by Crippen LogP contribution is -2.21. The van der Waals surface area contributed by atoms with Crippen LogP contribution in [0.2, 0.25) is 0 Å². The van der Waals surface area contributed by atoms with Gasteiger partial charge in [-0.2, -0.15) is 5.26 Å². The highest BCUT2D eigenvalue weighted by Crippen LogP contribution is 2.34. The molecule has 0 amide bonds. The van der Waals surface area contributed by atoms with E-state index < -0.39 is 0 Å². The number of allylic oxidation sites excluding steroid dienone is 1. The fourth-order valence-electron chi connectivity index (χ4n) is 3.23. The first-order valence-corrected chi connectivity index (χ1v) is 7.12. The van der Waals surface area contributed by atoms with E-state index >= 15 is 0 Å². The van der Waals surface area contributed by atoms with Crippen molar-refractivity contribution in [2.45, 2.75) is 57.1 Å². The summed E-state index contributed by atoms with van der Waals surface area (Å²) in [5.74, 6) is 1.37. The predicted octanol–water partition coefficient (Wildman–Crippen LogP) is 3.10. The zero-order chi connectivity index (χ0) is 13.5. The molecule has 0 heterocycles. The molecule has 2 atom stereocenters. The van der Waals surface area contributed by atoms with Crippen LogP contribution in [0.1, 0.15) is 44.9 Å². The number of isocyanates is 1. The Hall–Kier alpha value is -1.59. The van der Waals surface area contributed by atoms with E-state index in [1.54, 1.807) is 12.3 Å². The molecule has 0 aromatic rings. The molecule has 2 rings (SSSR count). The van der Waals surface area contributed by atoms with Crippen LogP contribution in [0.3, 0.4) is 0 Å². The normalized spacial score (nSPS) is 34.1.